The van der Waals surface area contributed by atoms with Crippen molar-refractivity contribution >= 4 is 12.6 Å². The number of thiol groups is 1. The molecule has 0 spiro atoms. The summed E-state index contributed by atoms with van der Waals surface area (Å²) in [6, 6.07) is 0. The van der Waals surface area contributed by atoms with Gasteiger partial charge in [0.2, 0.25) is 0 Å². The van der Waals surface area contributed by atoms with Crippen molar-refractivity contribution in [1.29, 1.82) is 0 Å². The van der Waals surface area contributed by atoms with Crippen LogP contribution in [0.1, 0.15) is 20.3 Å². The Morgan fingerprint density at radius 3 is 2.56 bits per heavy atom. The number of rotatable bonds is 1. The standard InChI is InChI=1S/C7H12OS/c1-6(2)7(9)4-3-5-8-7/h3,5-6,9H,4H2,1-2H3. The second-order valence-corrected chi connectivity index (χ2v) is 3.45. The molecule has 0 saturated heterocycles. The van der Waals surface area contributed by atoms with Crippen LogP contribution in [-0.4, -0.2) is 4.93 Å². The maximum Gasteiger partial charge on any atom is 0.156 e. The van der Waals surface area contributed by atoms with Gasteiger partial charge in [-0.2, -0.15) is 0 Å². The van der Waals surface area contributed by atoms with Crippen LogP contribution in [0.25, 0.3) is 0 Å². The molecule has 1 rings (SSSR count). The molecule has 0 saturated carbocycles. The molecule has 1 nitrogen and oxygen atoms in total. The first kappa shape index (κ1) is 7.00. The van der Waals surface area contributed by atoms with Crippen LogP contribution in [0.15, 0.2) is 12.3 Å². The van der Waals surface area contributed by atoms with Gasteiger partial charge in [0, 0.05) is 12.3 Å². The average Bonchev–Trinajstić information content (AvgIpc) is 2.16. The molecule has 1 aliphatic heterocycles. The van der Waals surface area contributed by atoms with Crippen LogP contribution in [0.5, 0.6) is 0 Å². The van der Waals surface area contributed by atoms with Gasteiger partial charge in [-0.25, -0.2) is 0 Å². The van der Waals surface area contributed by atoms with Gasteiger partial charge in [-0.1, -0.05) is 13.8 Å². The Bertz CT molecular complexity index is 121. The summed E-state index contributed by atoms with van der Waals surface area (Å²) in [4.78, 5) is -0.222. The molecule has 0 radical (unpaired) electrons. The number of ether oxygens (including phenoxy) is 1. The highest BCUT2D eigenvalue weighted by atomic mass is 32.1. The van der Waals surface area contributed by atoms with Crippen molar-refractivity contribution in [3.05, 3.63) is 12.3 Å². The summed E-state index contributed by atoms with van der Waals surface area (Å²) in [5.74, 6) is 0.468. The average molecular weight is 144 g/mol. The molecule has 9 heavy (non-hydrogen) atoms. The minimum atomic E-state index is -0.222. The third kappa shape index (κ3) is 1.23. The fourth-order valence-corrected chi connectivity index (χ4v) is 0.969. The van der Waals surface area contributed by atoms with Crippen molar-refractivity contribution < 1.29 is 4.74 Å². The van der Waals surface area contributed by atoms with Gasteiger partial charge in [0.15, 0.2) is 4.93 Å². The molecular formula is C7H12OS. The summed E-state index contributed by atoms with van der Waals surface area (Å²) in [5.41, 5.74) is 0. The van der Waals surface area contributed by atoms with E-state index in [2.05, 4.69) is 26.5 Å². The number of hydrogen-bond acceptors (Lipinski definition) is 2. The molecule has 1 atom stereocenters. The Kier molecular flexibility index (Phi) is 1.75. The summed E-state index contributed by atoms with van der Waals surface area (Å²) in [5, 5.41) is 0. The van der Waals surface area contributed by atoms with Crippen molar-refractivity contribution in [2.24, 2.45) is 5.92 Å². The van der Waals surface area contributed by atoms with Crippen LogP contribution in [-0.2, 0) is 4.74 Å². The zero-order valence-corrected chi connectivity index (χ0v) is 6.69. The predicted molar refractivity (Wildman–Crippen MR) is 41.4 cm³/mol. The van der Waals surface area contributed by atoms with E-state index in [1.807, 2.05) is 6.08 Å². The summed E-state index contributed by atoms with van der Waals surface area (Å²) < 4.78 is 5.29. The first-order chi connectivity index (χ1) is 4.15. The first-order valence-electron chi connectivity index (χ1n) is 3.20. The van der Waals surface area contributed by atoms with Crippen LogP contribution < -0.4 is 0 Å². The Labute approximate surface area is 61.5 Å². The van der Waals surface area contributed by atoms with Gasteiger partial charge in [0.1, 0.15) is 0 Å². The Morgan fingerprint density at radius 2 is 2.33 bits per heavy atom. The highest BCUT2D eigenvalue weighted by Crippen LogP contribution is 2.34. The Morgan fingerprint density at radius 1 is 1.67 bits per heavy atom. The summed E-state index contributed by atoms with van der Waals surface area (Å²) in [6.07, 6.45) is 4.66. The lowest BCUT2D eigenvalue weighted by molar-refractivity contribution is 0.0921. The second-order valence-electron chi connectivity index (χ2n) is 2.69. The van der Waals surface area contributed by atoms with Gasteiger partial charge >= 0.3 is 0 Å². The van der Waals surface area contributed by atoms with Crippen molar-refractivity contribution in [2.45, 2.75) is 25.2 Å². The van der Waals surface area contributed by atoms with Gasteiger partial charge in [-0.3, -0.25) is 0 Å². The third-order valence-corrected chi connectivity index (χ3v) is 2.49. The van der Waals surface area contributed by atoms with E-state index in [0.29, 0.717) is 5.92 Å². The highest BCUT2D eigenvalue weighted by molar-refractivity contribution is 7.81. The quantitative estimate of drug-likeness (QED) is 0.555. The molecule has 0 aliphatic carbocycles. The molecule has 52 valence electrons. The topological polar surface area (TPSA) is 9.23 Å². The van der Waals surface area contributed by atoms with E-state index in [4.69, 9.17) is 4.74 Å². The van der Waals surface area contributed by atoms with Crippen molar-refractivity contribution in [2.75, 3.05) is 0 Å². The minimum Gasteiger partial charge on any atom is -0.484 e. The zero-order chi connectivity index (χ0) is 6.91. The fourth-order valence-electron chi connectivity index (χ4n) is 0.803. The lowest BCUT2D eigenvalue weighted by Crippen LogP contribution is -2.26. The van der Waals surface area contributed by atoms with Gasteiger partial charge in [0.05, 0.1) is 6.26 Å². The van der Waals surface area contributed by atoms with Gasteiger partial charge in [0.25, 0.3) is 0 Å². The van der Waals surface area contributed by atoms with Crippen molar-refractivity contribution in [3.8, 4) is 0 Å². The second kappa shape index (κ2) is 2.25. The molecular weight excluding hydrogens is 132 g/mol. The van der Waals surface area contributed by atoms with Crippen LogP contribution >= 0.6 is 12.6 Å². The molecule has 1 heterocycles. The summed E-state index contributed by atoms with van der Waals surface area (Å²) in [6.45, 7) is 4.22. The molecule has 0 aromatic rings. The summed E-state index contributed by atoms with van der Waals surface area (Å²) in [7, 11) is 0. The number of hydrogen-bond donors (Lipinski definition) is 1. The Balaban J connectivity index is 2.55. The van der Waals surface area contributed by atoms with E-state index in [-0.39, 0.29) is 4.93 Å². The maximum absolute atomic E-state index is 5.29. The SMILES string of the molecule is CC(C)C1(S)CC=CO1. The van der Waals surface area contributed by atoms with E-state index >= 15 is 0 Å². The molecule has 0 aromatic carbocycles. The molecule has 2 heteroatoms. The zero-order valence-electron chi connectivity index (χ0n) is 5.79. The van der Waals surface area contributed by atoms with Gasteiger partial charge in [-0.05, 0) is 6.08 Å². The molecule has 1 unspecified atom stereocenters. The molecule has 0 fully saturated rings. The summed E-state index contributed by atoms with van der Waals surface area (Å²) >= 11 is 4.39. The third-order valence-electron chi connectivity index (χ3n) is 1.68. The van der Waals surface area contributed by atoms with Crippen LogP contribution in [0.4, 0.5) is 0 Å². The molecule has 1 aliphatic rings. The van der Waals surface area contributed by atoms with Crippen LogP contribution in [0, 0.1) is 5.92 Å². The van der Waals surface area contributed by atoms with E-state index in [0.717, 1.165) is 6.42 Å². The monoisotopic (exact) mass is 144 g/mol. The fraction of sp³-hybridized carbons (Fsp3) is 0.714. The highest BCUT2D eigenvalue weighted by Gasteiger charge is 2.31. The molecule has 0 bridgehead atoms. The minimum absolute atomic E-state index is 0.222. The largest absolute Gasteiger partial charge is 0.484 e. The van der Waals surface area contributed by atoms with Crippen LogP contribution in [0.2, 0.25) is 0 Å². The molecule has 0 N–H and O–H groups in total. The molecule has 0 aromatic heterocycles. The maximum atomic E-state index is 5.29. The lowest BCUT2D eigenvalue weighted by Gasteiger charge is -2.26. The van der Waals surface area contributed by atoms with E-state index in [9.17, 15) is 0 Å². The van der Waals surface area contributed by atoms with Crippen LogP contribution in [0.3, 0.4) is 0 Å². The van der Waals surface area contributed by atoms with E-state index in [1.165, 1.54) is 0 Å². The predicted octanol–water partition coefficient (Wildman–Crippen LogP) is 2.20. The lowest BCUT2D eigenvalue weighted by atomic mass is 10.0. The van der Waals surface area contributed by atoms with Gasteiger partial charge < -0.3 is 4.74 Å². The van der Waals surface area contributed by atoms with Crippen molar-refractivity contribution in [3.63, 3.8) is 0 Å². The van der Waals surface area contributed by atoms with E-state index in [1.54, 1.807) is 6.26 Å². The first-order valence-corrected chi connectivity index (χ1v) is 3.65. The smallest absolute Gasteiger partial charge is 0.156 e. The molecule has 0 amide bonds. The van der Waals surface area contributed by atoms with Gasteiger partial charge in [-0.15, -0.1) is 12.6 Å². The normalized spacial score (nSPS) is 33.3. The van der Waals surface area contributed by atoms with Crippen molar-refractivity contribution in [1.82, 2.24) is 0 Å². The Hall–Kier alpha value is -0.110. The van der Waals surface area contributed by atoms with E-state index < -0.39 is 0 Å².